The van der Waals surface area contributed by atoms with E-state index in [1.807, 2.05) is 54.6 Å². The number of hydrogen-bond acceptors (Lipinski definition) is 3. The summed E-state index contributed by atoms with van der Waals surface area (Å²) in [6, 6.07) is 19.7. The molecule has 0 saturated carbocycles. The third kappa shape index (κ3) is 2.99. The van der Waals surface area contributed by atoms with Gasteiger partial charge in [-0.25, -0.2) is 0 Å². The van der Waals surface area contributed by atoms with E-state index in [9.17, 15) is 4.79 Å². The Morgan fingerprint density at radius 2 is 1.81 bits per heavy atom. The van der Waals surface area contributed by atoms with E-state index in [1.54, 1.807) is 24.1 Å². The first-order valence-corrected chi connectivity index (χ1v) is 8.95. The van der Waals surface area contributed by atoms with Crippen LogP contribution in [0.25, 0.3) is 27.6 Å². The summed E-state index contributed by atoms with van der Waals surface area (Å²) in [6.45, 7) is 2.07. The molecule has 0 radical (unpaired) electrons. The summed E-state index contributed by atoms with van der Waals surface area (Å²) >= 11 is 0. The first-order valence-electron chi connectivity index (χ1n) is 8.95. The first kappa shape index (κ1) is 17.0. The number of pyridine rings is 2. The topological polar surface area (TPSA) is 44.1 Å². The Morgan fingerprint density at radius 1 is 1.00 bits per heavy atom. The molecule has 0 amide bonds. The molecule has 0 aliphatic heterocycles. The molecule has 27 heavy (non-hydrogen) atoms. The van der Waals surface area contributed by atoms with Gasteiger partial charge in [-0.05, 0) is 41.6 Å². The van der Waals surface area contributed by atoms with Gasteiger partial charge in [0.2, 0.25) is 0 Å². The fourth-order valence-electron chi connectivity index (χ4n) is 3.45. The van der Waals surface area contributed by atoms with E-state index in [2.05, 4.69) is 18.0 Å². The number of ether oxygens (including phenoxy) is 1. The third-order valence-corrected chi connectivity index (χ3v) is 4.76. The zero-order valence-corrected chi connectivity index (χ0v) is 15.3. The second-order valence-corrected chi connectivity index (χ2v) is 6.35. The molecule has 4 heteroatoms. The molecule has 0 N–H and O–H groups in total. The minimum Gasteiger partial charge on any atom is -0.495 e. The zero-order chi connectivity index (χ0) is 18.8. The average molecular weight is 356 g/mol. The molecular weight excluding hydrogens is 336 g/mol. The van der Waals surface area contributed by atoms with E-state index in [0.717, 1.165) is 34.3 Å². The van der Waals surface area contributed by atoms with Crippen molar-refractivity contribution in [2.45, 2.75) is 13.3 Å². The van der Waals surface area contributed by atoms with Crippen molar-refractivity contribution in [1.29, 1.82) is 0 Å². The van der Waals surface area contributed by atoms with Crippen LogP contribution in [0.1, 0.15) is 12.6 Å². The average Bonchev–Trinajstić information content (AvgIpc) is 2.73. The van der Waals surface area contributed by atoms with Gasteiger partial charge < -0.3 is 4.74 Å². The summed E-state index contributed by atoms with van der Waals surface area (Å²) in [5, 5.41) is 1.62. The van der Waals surface area contributed by atoms with Gasteiger partial charge in [0.1, 0.15) is 5.75 Å². The quantitative estimate of drug-likeness (QED) is 0.536. The fourth-order valence-corrected chi connectivity index (χ4v) is 3.45. The standard InChI is InChI=1S/C23H20N2O2/c1-3-18-12-16-8-7-11-21(17-13-20(27-2)15-24-14-17)22(16)23(26)25(18)19-9-5-4-6-10-19/h4-15H,3H2,1-2H3. The molecule has 0 aliphatic rings. The molecule has 4 aromatic rings. The van der Waals surface area contributed by atoms with Gasteiger partial charge in [-0.2, -0.15) is 0 Å². The number of aromatic nitrogens is 2. The number of para-hydroxylation sites is 1. The summed E-state index contributed by atoms with van der Waals surface area (Å²) < 4.78 is 7.11. The molecule has 0 spiro atoms. The van der Waals surface area contributed by atoms with E-state index >= 15 is 0 Å². The lowest BCUT2D eigenvalue weighted by atomic mass is 9.99. The van der Waals surface area contributed by atoms with Crippen molar-refractivity contribution in [3.8, 4) is 22.6 Å². The van der Waals surface area contributed by atoms with Crippen LogP contribution in [0.2, 0.25) is 0 Å². The Kier molecular flexibility index (Phi) is 4.47. The highest BCUT2D eigenvalue weighted by Crippen LogP contribution is 2.29. The molecular formula is C23H20N2O2. The highest BCUT2D eigenvalue weighted by atomic mass is 16.5. The van der Waals surface area contributed by atoms with Gasteiger partial charge in [0.25, 0.3) is 5.56 Å². The molecule has 4 rings (SSSR count). The number of nitrogens with zero attached hydrogens (tertiary/aromatic N) is 2. The minimum absolute atomic E-state index is 0.0195. The van der Waals surface area contributed by atoms with E-state index in [-0.39, 0.29) is 5.56 Å². The summed E-state index contributed by atoms with van der Waals surface area (Å²) in [6.07, 6.45) is 4.19. The van der Waals surface area contributed by atoms with Crippen molar-refractivity contribution < 1.29 is 4.74 Å². The maximum Gasteiger partial charge on any atom is 0.263 e. The van der Waals surface area contributed by atoms with E-state index in [1.165, 1.54) is 0 Å². The Hall–Kier alpha value is -3.40. The number of fused-ring (bicyclic) bond motifs is 1. The van der Waals surface area contributed by atoms with Gasteiger partial charge >= 0.3 is 0 Å². The van der Waals surface area contributed by atoms with Gasteiger partial charge in [0, 0.05) is 23.1 Å². The number of methoxy groups -OCH3 is 1. The number of hydrogen-bond donors (Lipinski definition) is 0. The Morgan fingerprint density at radius 3 is 2.56 bits per heavy atom. The minimum atomic E-state index is -0.0195. The molecule has 0 unspecified atom stereocenters. The van der Waals surface area contributed by atoms with Crippen LogP contribution in [0.15, 0.2) is 77.9 Å². The molecule has 0 aliphatic carbocycles. The van der Waals surface area contributed by atoms with Crippen LogP contribution < -0.4 is 10.3 Å². The SMILES string of the molecule is CCc1cc2cccc(-c3cncc(OC)c3)c2c(=O)n1-c1ccccc1. The lowest BCUT2D eigenvalue weighted by Crippen LogP contribution is -2.22. The van der Waals surface area contributed by atoms with Gasteiger partial charge in [-0.15, -0.1) is 0 Å². The molecule has 2 aromatic carbocycles. The Bertz CT molecular complexity index is 1160. The lowest BCUT2D eigenvalue weighted by molar-refractivity contribution is 0.413. The van der Waals surface area contributed by atoms with Crippen LogP contribution in [0.5, 0.6) is 5.75 Å². The monoisotopic (exact) mass is 356 g/mol. The van der Waals surface area contributed by atoms with E-state index in [0.29, 0.717) is 11.1 Å². The van der Waals surface area contributed by atoms with E-state index < -0.39 is 0 Å². The normalized spacial score (nSPS) is 10.9. The van der Waals surface area contributed by atoms with Gasteiger partial charge in [-0.3, -0.25) is 14.3 Å². The van der Waals surface area contributed by atoms with Gasteiger partial charge in [0.05, 0.1) is 18.7 Å². The van der Waals surface area contributed by atoms with Crippen LogP contribution in [0.3, 0.4) is 0 Å². The molecule has 0 atom stereocenters. The van der Waals surface area contributed by atoms with Crippen LogP contribution in [0, 0.1) is 0 Å². The van der Waals surface area contributed by atoms with E-state index in [4.69, 9.17) is 4.74 Å². The number of rotatable bonds is 4. The maximum atomic E-state index is 13.6. The van der Waals surface area contributed by atoms with Crippen LogP contribution in [-0.2, 0) is 6.42 Å². The Labute approximate surface area is 157 Å². The largest absolute Gasteiger partial charge is 0.495 e. The summed E-state index contributed by atoms with van der Waals surface area (Å²) in [7, 11) is 1.61. The molecule has 2 heterocycles. The lowest BCUT2D eigenvalue weighted by Gasteiger charge is -2.15. The maximum absolute atomic E-state index is 13.6. The molecule has 4 nitrogen and oxygen atoms in total. The predicted molar refractivity (Wildman–Crippen MR) is 109 cm³/mol. The van der Waals surface area contributed by atoms with Crippen molar-refractivity contribution in [3.63, 3.8) is 0 Å². The summed E-state index contributed by atoms with van der Waals surface area (Å²) in [5.41, 5.74) is 3.56. The second-order valence-electron chi connectivity index (χ2n) is 6.35. The van der Waals surface area contributed by atoms with Crippen LogP contribution in [-0.4, -0.2) is 16.7 Å². The van der Waals surface area contributed by atoms with Crippen molar-refractivity contribution in [2.24, 2.45) is 0 Å². The fraction of sp³-hybridized carbons (Fsp3) is 0.130. The van der Waals surface area contributed by atoms with Crippen molar-refractivity contribution >= 4 is 10.8 Å². The smallest absolute Gasteiger partial charge is 0.263 e. The molecule has 134 valence electrons. The highest BCUT2D eigenvalue weighted by Gasteiger charge is 2.14. The zero-order valence-electron chi connectivity index (χ0n) is 15.3. The van der Waals surface area contributed by atoms with Crippen LogP contribution >= 0.6 is 0 Å². The highest BCUT2D eigenvalue weighted by molar-refractivity contribution is 5.96. The molecule has 0 fully saturated rings. The summed E-state index contributed by atoms with van der Waals surface area (Å²) in [5.74, 6) is 0.665. The molecule has 0 bridgehead atoms. The first-order chi connectivity index (χ1) is 13.2. The predicted octanol–water partition coefficient (Wildman–Crippen LogP) is 4.62. The van der Waals surface area contributed by atoms with Crippen molar-refractivity contribution in [1.82, 2.24) is 9.55 Å². The second kappa shape index (κ2) is 7.08. The number of aryl methyl sites for hydroxylation is 1. The third-order valence-electron chi connectivity index (χ3n) is 4.76. The van der Waals surface area contributed by atoms with Gasteiger partial charge in [-0.1, -0.05) is 43.3 Å². The van der Waals surface area contributed by atoms with Gasteiger partial charge in [0.15, 0.2) is 0 Å². The van der Waals surface area contributed by atoms with Crippen molar-refractivity contribution in [3.05, 3.63) is 89.1 Å². The number of benzene rings is 2. The molecule has 0 saturated heterocycles. The Balaban J connectivity index is 2.07. The van der Waals surface area contributed by atoms with Crippen molar-refractivity contribution in [2.75, 3.05) is 7.11 Å². The van der Waals surface area contributed by atoms with Crippen LogP contribution in [0.4, 0.5) is 0 Å². The molecule has 2 aromatic heterocycles. The summed E-state index contributed by atoms with van der Waals surface area (Å²) in [4.78, 5) is 17.8.